The third-order valence-corrected chi connectivity index (χ3v) is 3.84. The van der Waals surface area contributed by atoms with Crippen LogP contribution in [0, 0.1) is 18.2 Å². The van der Waals surface area contributed by atoms with Crippen molar-refractivity contribution in [2.24, 2.45) is 5.41 Å². The summed E-state index contributed by atoms with van der Waals surface area (Å²) in [6.45, 7) is 6.85. The molecule has 2 N–H and O–H groups in total. The number of carbonyl (C=O) groups is 1. The van der Waals surface area contributed by atoms with Crippen molar-refractivity contribution >= 4 is 11.6 Å². The largest absolute Gasteiger partial charge is 0.324 e. The van der Waals surface area contributed by atoms with Gasteiger partial charge >= 0.3 is 0 Å². The third kappa shape index (κ3) is 3.13. The molecule has 0 aliphatic carbocycles. The predicted molar refractivity (Wildman–Crippen MR) is 74.6 cm³/mol. The van der Waals surface area contributed by atoms with Crippen LogP contribution in [-0.2, 0) is 4.79 Å². The van der Waals surface area contributed by atoms with Gasteiger partial charge in [-0.15, -0.1) is 0 Å². The van der Waals surface area contributed by atoms with Crippen LogP contribution in [0.5, 0.6) is 0 Å². The molecule has 0 bridgehead atoms. The van der Waals surface area contributed by atoms with E-state index in [1.165, 1.54) is 12.1 Å². The third-order valence-electron chi connectivity index (χ3n) is 3.84. The molecule has 0 aromatic heterocycles. The van der Waals surface area contributed by atoms with Crippen molar-refractivity contribution in [2.75, 3.05) is 11.9 Å². The lowest BCUT2D eigenvalue weighted by Gasteiger charge is -2.38. The number of nitrogens with one attached hydrogen (secondary N) is 2. The van der Waals surface area contributed by atoms with Crippen molar-refractivity contribution in [3.63, 3.8) is 0 Å². The number of carbonyl (C=O) groups excluding carboxylic acids is 1. The lowest BCUT2D eigenvalue weighted by molar-refractivity contribution is -0.121. The lowest BCUT2D eigenvalue weighted by atomic mass is 9.77. The summed E-state index contributed by atoms with van der Waals surface area (Å²) < 4.78 is 13.0. The number of rotatable bonds is 2. The van der Waals surface area contributed by atoms with Gasteiger partial charge in [0.1, 0.15) is 5.82 Å². The van der Waals surface area contributed by atoms with Crippen LogP contribution in [0.4, 0.5) is 10.1 Å². The van der Waals surface area contributed by atoms with E-state index in [2.05, 4.69) is 24.5 Å². The first-order valence-electron chi connectivity index (χ1n) is 6.70. The summed E-state index contributed by atoms with van der Waals surface area (Å²) in [5, 5.41) is 6.17. The van der Waals surface area contributed by atoms with Crippen molar-refractivity contribution < 1.29 is 9.18 Å². The number of halogens is 1. The van der Waals surface area contributed by atoms with Gasteiger partial charge in [0.05, 0.1) is 6.04 Å². The maximum absolute atomic E-state index is 13.0. The van der Waals surface area contributed by atoms with Crippen LogP contribution in [0.15, 0.2) is 18.2 Å². The summed E-state index contributed by atoms with van der Waals surface area (Å²) in [7, 11) is 0. The molecular weight excluding hydrogens is 243 g/mol. The van der Waals surface area contributed by atoms with E-state index in [0.717, 1.165) is 24.9 Å². The average molecular weight is 264 g/mol. The number of piperidine rings is 1. The Bertz CT molecular complexity index is 485. The first-order valence-corrected chi connectivity index (χ1v) is 6.70. The van der Waals surface area contributed by atoms with Gasteiger partial charge in [-0.05, 0) is 55.5 Å². The van der Waals surface area contributed by atoms with Gasteiger partial charge in [-0.25, -0.2) is 4.39 Å². The molecule has 2 rings (SSSR count). The van der Waals surface area contributed by atoms with Crippen molar-refractivity contribution in [2.45, 2.75) is 39.7 Å². The topological polar surface area (TPSA) is 41.1 Å². The number of benzene rings is 1. The number of hydrogen-bond donors (Lipinski definition) is 2. The first kappa shape index (κ1) is 14.0. The molecule has 1 aromatic carbocycles. The van der Waals surface area contributed by atoms with E-state index in [4.69, 9.17) is 0 Å². The minimum absolute atomic E-state index is 0.0422. The molecular formula is C15H21FN2O. The molecule has 19 heavy (non-hydrogen) atoms. The van der Waals surface area contributed by atoms with Crippen LogP contribution in [0.2, 0.25) is 0 Å². The fraction of sp³-hybridized carbons (Fsp3) is 0.533. The van der Waals surface area contributed by atoms with E-state index < -0.39 is 0 Å². The molecule has 1 heterocycles. The SMILES string of the molecule is Cc1cc(F)ccc1NC(=O)C1NCCCC1(C)C. The van der Waals surface area contributed by atoms with Crippen LogP contribution in [-0.4, -0.2) is 18.5 Å². The molecule has 1 atom stereocenters. The van der Waals surface area contributed by atoms with Crippen molar-refractivity contribution in [3.8, 4) is 0 Å². The second-order valence-electron chi connectivity index (χ2n) is 5.93. The van der Waals surface area contributed by atoms with Gasteiger partial charge in [-0.2, -0.15) is 0 Å². The summed E-state index contributed by atoms with van der Waals surface area (Å²) in [6, 6.07) is 4.20. The van der Waals surface area contributed by atoms with Gasteiger partial charge in [0.15, 0.2) is 0 Å². The summed E-state index contributed by atoms with van der Waals surface area (Å²) in [5.41, 5.74) is 1.35. The Kier molecular flexibility index (Phi) is 3.90. The molecule has 104 valence electrons. The fourth-order valence-electron chi connectivity index (χ4n) is 2.63. The van der Waals surface area contributed by atoms with Gasteiger partial charge in [0.2, 0.25) is 5.91 Å². The molecule has 1 fully saturated rings. The second kappa shape index (κ2) is 5.29. The van der Waals surface area contributed by atoms with E-state index in [-0.39, 0.29) is 23.2 Å². The Hall–Kier alpha value is -1.42. The zero-order valence-corrected chi connectivity index (χ0v) is 11.7. The van der Waals surface area contributed by atoms with Gasteiger partial charge in [-0.1, -0.05) is 13.8 Å². The minimum atomic E-state index is -0.286. The average Bonchev–Trinajstić information content (AvgIpc) is 2.32. The zero-order valence-electron chi connectivity index (χ0n) is 11.7. The number of amides is 1. The van der Waals surface area contributed by atoms with Gasteiger partial charge in [0, 0.05) is 5.69 Å². The summed E-state index contributed by atoms with van der Waals surface area (Å²) in [4.78, 5) is 12.4. The van der Waals surface area contributed by atoms with E-state index in [9.17, 15) is 9.18 Å². The predicted octanol–water partition coefficient (Wildman–Crippen LogP) is 2.85. The maximum Gasteiger partial charge on any atom is 0.242 e. The number of hydrogen-bond acceptors (Lipinski definition) is 2. The molecule has 4 heteroatoms. The van der Waals surface area contributed by atoms with Gasteiger partial charge in [-0.3, -0.25) is 4.79 Å². The Morgan fingerprint density at radius 3 is 2.84 bits per heavy atom. The van der Waals surface area contributed by atoms with Crippen LogP contribution in [0.1, 0.15) is 32.3 Å². The van der Waals surface area contributed by atoms with E-state index >= 15 is 0 Å². The Labute approximate surface area is 113 Å². The zero-order chi connectivity index (χ0) is 14.0. The molecule has 1 unspecified atom stereocenters. The van der Waals surface area contributed by atoms with Crippen LogP contribution in [0.25, 0.3) is 0 Å². The highest BCUT2D eigenvalue weighted by molar-refractivity contribution is 5.96. The molecule has 1 saturated heterocycles. The standard InChI is InChI=1S/C15H21FN2O/c1-10-9-11(16)5-6-12(10)18-14(19)13-15(2,3)7-4-8-17-13/h5-6,9,13,17H,4,7-8H2,1-3H3,(H,18,19). The molecule has 1 aliphatic heterocycles. The second-order valence-corrected chi connectivity index (χ2v) is 5.93. The van der Waals surface area contributed by atoms with Crippen molar-refractivity contribution in [1.82, 2.24) is 5.32 Å². The Balaban J connectivity index is 2.12. The Morgan fingerprint density at radius 1 is 1.47 bits per heavy atom. The summed E-state index contributed by atoms with van der Waals surface area (Å²) >= 11 is 0. The highest BCUT2D eigenvalue weighted by Gasteiger charge is 2.37. The monoisotopic (exact) mass is 264 g/mol. The molecule has 1 aliphatic rings. The summed E-state index contributed by atoms with van der Waals surface area (Å²) in [5.74, 6) is -0.328. The normalized spacial score (nSPS) is 22.0. The van der Waals surface area contributed by atoms with E-state index in [1.54, 1.807) is 13.0 Å². The van der Waals surface area contributed by atoms with Crippen molar-refractivity contribution in [1.29, 1.82) is 0 Å². The van der Waals surface area contributed by atoms with Crippen LogP contribution < -0.4 is 10.6 Å². The molecule has 1 aromatic rings. The molecule has 0 spiro atoms. The van der Waals surface area contributed by atoms with E-state index in [1.807, 2.05) is 0 Å². The summed E-state index contributed by atoms with van der Waals surface area (Å²) in [6.07, 6.45) is 2.12. The highest BCUT2D eigenvalue weighted by atomic mass is 19.1. The first-order chi connectivity index (χ1) is 8.90. The lowest BCUT2D eigenvalue weighted by Crippen LogP contribution is -2.53. The maximum atomic E-state index is 13.0. The minimum Gasteiger partial charge on any atom is -0.324 e. The number of aryl methyl sites for hydroxylation is 1. The van der Waals surface area contributed by atoms with Crippen LogP contribution in [0.3, 0.4) is 0 Å². The molecule has 0 saturated carbocycles. The highest BCUT2D eigenvalue weighted by Crippen LogP contribution is 2.31. The molecule has 3 nitrogen and oxygen atoms in total. The number of anilines is 1. The van der Waals surface area contributed by atoms with E-state index in [0.29, 0.717) is 5.69 Å². The smallest absolute Gasteiger partial charge is 0.242 e. The van der Waals surface area contributed by atoms with Gasteiger partial charge < -0.3 is 10.6 Å². The molecule has 0 radical (unpaired) electrons. The van der Waals surface area contributed by atoms with Gasteiger partial charge in [0.25, 0.3) is 0 Å². The Morgan fingerprint density at radius 2 is 2.21 bits per heavy atom. The van der Waals surface area contributed by atoms with Crippen molar-refractivity contribution in [3.05, 3.63) is 29.6 Å². The molecule has 1 amide bonds. The fourth-order valence-corrected chi connectivity index (χ4v) is 2.63. The quantitative estimate of drug-likeness (QED) is 0.862. The van der Waals surface area contributed by atoms with Crippen LogP contribution >= 0.6 is 0 Å².